The largest absolute Gasteiger partial charge is 0.487 e. The lowest BCUT2D eigenvalue weighted by Crippen LogP contribution is -2.32. The van der Waals surface area contributed by atoms with Crippen molar-refractivity contribution in [2.24, 2.45) is 7.05 Å². The molecule has 0 saturated carbocycles. The van der Waals surface area contributed by atoms with Gasteiger partial charge in [-0.15, -0.1) is 11.3 Å². The quantitative estimate of drug-likeness (QED) is 0.615. The van der Waals surface area contributed by atoms with Crippen molar-refractivity contribution in [2.45, 2.75) is 38.8 Å². The fourth-order valence-electron chi connectivity index (χ4n) is 3.87. The van der Waals surface area contributed by atoms with Crippen LogP contribution in [-0.2, 0) is 20.2 Å². The lowest BCUT2D eigenvalue weighted by Gasteiger charge is -2.32. The van der Waals surface area contributed by atoms with Crippen molar-refractivity contribution in [1.29, 1.82) is 0 Å². The molecule has 5 nitrogen and oxygen atoms in total. The van der Waals surface area contributed by atoms with Crippen molar-refractivity contribution >= 4 is 11.3 Å². The highest BCUT2D eigenvalue weighted by molar-refractivity contribution is 7.09. The molecule has 2 aromatic heterocycles. The van der Waals surface area contributed by atoms with Crippen molar-refractivity contribution in [3.05, 3.63) is 80.2 Å². The number of benzene rings is 1. The van der Waals surface area contributed by atoms with Crippen LogP contribution in [0.3, 0.4) is 0 Å². The second kappa shape index (κ2) is 8.93. The molecule has 1 aromatic carbocycles. The molecule has 3 aromatic rings. The molecule has 6 heteroatoms. The number of ether oxygens (including phenoxy) is 1. The minimum absolute atomic E-state index is 0.0783. The van der Waals surface area contributed by atoms with Gasteiger partial charge in [0.2, 0.25) is 0 Å². The molecule has 152 valence electrons. The third-order valence-corrected chi connectivity index (χ3v) is 6.37. The normalized spacial score (nSPS) is 15.5. The zero-order valence-electron chi connectivity index (χ0n) is 17.0. The predicted octanol–water partition coefficient (Wildman–Crippen LogP) is 4.11. The van der Waals surface area contributed by atoms with E-state index in [4.69, 9.17) is 4.74 Å². The summed E-state index contributed by atoms with van der Waals surface area (Å²) in [4.78, 5) is 18.8. The first kappa shape index (κ1) is 19.9. The van der Waals surface area contributed by atoms with E-state index >= 15 is 0 Å². The number of hydrogen-bond acceptors (Lipinski definition) is 5. The van der Waals surface area contributed by atoms with E-state index in [1.165, 1.54) is 11.1 Å². The Bertz CT molecular complexity index is 1020. The number of aromatic nitrogens is 2. The molecule has 0 N–H and O–H groups in total. The number of aryl methyl sites for hydroxylation is 2. The van der Waals surface area contributed by atoms with Crippen molar-refractivity contribution in [1.82, 2.24) is 14.5 Å². The predicted molar refractivity (Wildman–Crippen MR) is 117 cm³/mol. The molecule has 1 fully saturated rings. The summed E-state index contributed by atoms with van der Waals surface area (Å²) in [6.45, 7) is 5.54. The fraction of sp³-hybridized carbons (Fsp3) is 0.391. The number of nitrogens with zero attached hydrogens (tertiary/aromatic N) is 3. The van der Waals surface area contributed by atoms with E-state index < -0.39 is 0 Å². The van der Waals surface area contributed by atoms with Gasteiger partial charge in [-0.1, -0.05) is 12.1 Å². The van der Waals surface area contributed by atoms with E-state index in [2.05, 4.69) is 34.1 Å². The minimum atomic E-state index is 0.0783. The average molecular weight is 410 g/mol. The Hall–Kier alpha value is -2.44. The van der Waals surface area contributed by atoms with E-state index in [0.717, 1.165) is 48.9 Å². The highest BCUT2D eigenvalue weighted by Crippen LogP contribution is 2.28. The van der Waals surface area contributed by atoms with Crippen LogP contribution in [0.2, 0.25) is 0 Å². The Morgan fingerprint density at radius 3 is 2.76 bits per heavy atom. The summed E-state index contributed by atoms with van der Waals surface area (Å²) in [5.74, 6) is 1.37. The smallest absolute Gasteiger partial charge is 0.250 e. The molecule has 0 bridgehead atoms. The molecule has 0 aliphatic carbocycles. The number of likely N-dealkylation sites (tertiary alicyclic amines) is 1. The molecule has 3 heterocycles. The molecule has 0 spiro atoms. The number of thiazole rings is 1. The lowest BCUT2D eigenvalue weighted by atomic mass is 9.90. The molecular formula is C23H27N3O2S. The Balaban J connectivity index is 1.31. The number of piperidine rings is 1. The summed E-state index contributed by atoms with van der Waals surface area (Å²) >= 11 is 1.65. The Labute approximate surface area is 175 Å². The van der Waals surface area contributed by atoms with Crippen molar-refractivity contribution in [2.75, 3.05) is 13.1 Å². The van der Waals surface area contributed by atoms with Gasteiger partial charge in [-0.25, -0.2) is 4.98 Å². The van der Waals surface area contributed by atoms with E-state index in [-0.39, 0.29) is 5.56 Å². The van der Waals surface area contributed by atoms with E-state index in [9.17, 15) is 4.79 Å². The first-order chi connectivity index (χ1) is 14.1. The van der Waals surface area contributed by atoms with Gasteiger partial charge in [-0.2, -0.15) is 0 Å². The van der Waals surface area contributed by atoms with Gasteiger partial charge in [0.05, 0.1) is 10.7 Å². The third-order valence-electron chi connectivity index (χ3n) is 5.55. The molecule has 0 atom stereocenters. The second-order valence-electron chi connectivity index (χ2n) is 7.75. The maximum absolute atomic E-state index is 11.9. The van der Waals surface area contributed by atoms with E-state index in [0.29, 0.717) is 12.5 Å². The first-order valence-electron chi connectivity index (χ1n) is 10.1. The summed E-state index contributed by atoms with van der Waals surface area (Å²) in [7, 11) is 1.80. The minimum Gasteiger partial charge on any atom is -0.487 e. The summed E-state index contributed by atoms with van der Waals surface area (Å²) in [5, 5.41) is 3.11. The van der Waals surface area contributed by atoms with Crippen LogP contribution in [0.15, 0.2) is 52.8 Å². The van der Waals surface area contributed by atoms with Gasteiger partial charge in [-0.3, -0.25) is 9.69 Å². The molecular weight excluding hydrogens is 382 g/mol. The van der Waals surface area contributed by atoms with Crippen molar-refractivity contribution in [3.63, 3.8) is 0 Å². The van der Waals surface area contributed by atoms with Gasteiger partial charge in [-0.05, 0) is 68.1 Å². The summed E-state index contributed by atoms with van der Waals surface area (Å²) in [6.07, 6.45) is 4.06. The molecule has 29 heavy (non-hydrogen) atoms. The highest BCUT2D eigenvalue weighted by atomic mass is 32.1. The Morgan fingerprint density at radius 1 is 1.21 bits per heavy atom. The van der Waals surface area contributed by atoms with Crippen LogP contribution in [0.1, 0.15) is 40.6 Å². The van der Waals surface area contributed by atoms with Crippen LogP contribution in [-0.4, -0.2) is 27.5 Å². The van der Waals surface area contributed by atoms with Crippen LogP contribution >= 0.6 is 11.3 Å². The molecule has 1 aliphatic heterocycles. The molecule has 0 radical (unpaired) electrons. The van der Waals surface area contributed by atoms with E-state index in [1.807, 2.05) is 24.6 Å². The molecule has 4 rings (SSSR count). The summed E-state index contributed by atoms with van der Waals surface area (Å²) < 4.78 is 7.55. The number of pyridine rings is 1. The van der Waals surface area contributed by atoms with Crippen LogP contribution < -0.4 is 10.3 Å². The SMILES string of the molecule is Cc1nc(COc2cccc(CN3CCC(c4ccn(C)c(=O)c4)CC3)c2)cs1. The standard InChI is InChI=1S/C23H27N3O2S/c1-17-24-21(16-29-17)15-28-22-5-3-4-18(12-22)14-26-10-7-19(8-11-26)20-6-9-25(2)23(27)13-20/h3-6,9,12-13,16,19H,7-8,10-11,14-15H2,1-2H3. The van der Waals surface area contributed by atoms with Gasteiger partial charge >= 0.3 is 0 Å². The zero-order valence-corrected chi connectivity index (χ0v) is 17.8. The van der Waals surface area contributed by atoms with Gasteiger partial charge < -0.3 is 9.30 Å². The third kappa shape index (κ3) is 5.14. The Morgan fingerprint density at radius 2 is 2.03 bits per heavy atom. The molecule has 0 unspecified atom stereocenters. The number of rotatable bonds is 6. The Kier molecular flexibility index (Phi) is 6.11. The molecule has 1 aliphatic rings. The average Bonchev–Trinajstić information content (AvgIpc) is 3.15. The monoisotopic (exact) mass is 409 g/mol. The fourth-order valence-corrected chi connectivity index (χ4v) is 4.46. The van der Waals surface area contributed by atoms with Crippen molar-refractivity contribution in [3.8, 4) is 5.75 Å². The van der Waals surface area contributed by atoms with Crippen LogP contribution in [0, 0.1) is 6.92 Å². The summed E-state index contributed by atoms with van der Waals surface area (Å²) in [5.41, 5.74) is 3.51. The lowest BCUT2D eigenvalue weighted by molar-refractivity contribution is 0.204. The van der Waals surface area contributed by atoms with Crippen LogP contribution in [0.25, 0.3) is 0 Å². The van der Waals surface area contributed by atoms with E-state index in [1.54, 1.807) is 29.0 Å². The topological polar surface area (TPSA) is 47.4 Å². The van der Waals surface area contributed by atoms with Crippen LogP contribution in [0.5, 0.6) is 5.75 Å². The maximum Gasteiger partial charge on any atom is 0.250 e. The van der Waals surface area contributed by atoms with Gasteiger partial charge in [0.1, 0.15) is 12.4 Å². The van der Waals surface area contributed by atoms with Gasteiger partial charge in [0, 0.05) is 31.2 Å². The van der Waals surface area contributed by atoms with Gasteiger partial charge in [0.25, 0.3) is 5.56 Å². The number of hydrogen-bond donors (Lipinski definition) is 0. The molecule has 0 amide bonds. The molecule has 1 saturated heterocycles. The van der Waals surface area contributed by atoms with Gasteiger partial charge in [0.15, 0.2) is 0 Å². The maximum atomic E-state index is 11.9. The van der Waals surface area contributed by atoms with Crippen molar-refractivity contribution < 1.29 is 4.74 Å². The summed E-state index contributed by atoms with van der Waals surface area (Å²) in [6, 6.07) is 12.2. The van der Waals surface area contributed by atoms with Crippen LogP contribution in [0.4, 0.5) is 0 Å². The first-order valence-corrected chi connectivity index (χ1v) is 11.0. The second-order valence-corrected chi connectivity index (χ2v) is 8.82. The highest BCUT2D eigenvalue weighted by Gasteiger charge is 2.21. The zero-order chi connectivity index (χ0) is 20.2.